The van der Waals surface area contributed by atoms with Crippen molar-refractivity contribution < 1.29 is 4.79 Å². The monoisotopic (exact) mass is 388 g/mol. The first-order valence-electron chi connectivity index (χ1n) is 10.1. The van der Waals surface area contributed by atoms with Crippen molar-refractivity contribution in [1.29, 1.82) is 0 Å². The fourth-order valence-electron chi connectivity index (χ4n) is 4.02. The third kappa shape index (κ3) is 3.61. The van der Waals surface area contributed by atoms with Crippen molar-refractivity contribution in [3.63, 3.8) is 0 Å². The molecule has 2 aromatic heterocycles. The summed E-state index contributed by atoms with van der Waals surface area (Å²) < 4.78 is 1.91. The number of amides is 1. The molecule has 0 radical (unpaired) electrons. The van der Waals surface area contributed by atoms with Crippen LogP contribution in [0.15, 0.2) is 42.7 Å². The van der Waals surface area contributed by atoms with Crippen molar-refractivity contribution in [2.45, 2.75) is 25.8 Å². The lowest BCUT2D eigenvalue weighted by Crippen LogP contribution is -2.29. The van der Waals surface area contributed by atoms with Gasteiger partial charge in [0.2, 0.25) is 0 Å². The maximum atomic E-state index is 12.7. The van der Waals surface area contributed by atoms with E-state index in [1.807, 2.05) is 41.9 Å². The molecule has 1 aliphatic rings. The van der Waals surface area contributed by atoms with Gasteiger partial charge in [0, 0.05) is 18.3 Å². The van der Waals surface area contributed by atoms with Crippen LogP contribution >= 0.6 is 0 Å². The molecule has 0 unspecified atom stereocenters. The summed E-state index contributed by atoms with van der Waals surface area (Å²) in [5, 5.41) is 2.99. The number of fused-ring (bicyclic) bond motifs is 2. The molecule has 2 N–H and O–H groups in total. The summed E-state index contributed by atoms with van der Waals surface area (Å²) >= 11 is 0. The predicted molar refractivity (Wildman–Crippen MR) is 114 cm³/mol. The van der Waals surface area contributed by atoms with E-state index in [-0.39, 0.29) is 5.91 Å². The number of hydrogen-bond acceptors (Lipinski definition) is 4. The molecule has 0 saturated carbocycles. The number of carbonyl (C=O) groups excluding carboxylic acids is 1. The highest BCUT2D eigenvalue weighted by molar-refractivity contribution is 6.06. The molecule has 1 amide bonds. The van der Waals surface area contributed by atoms with Crippen molar-refractivity contribution in [2.75, 3.05) is 18.4 Å². The molecule has 7 nitrogen and oxygen atoms in total. The van der Waals surface area contributed by atoms with Gasteiger partial charge in [-0.3, -0.25) is 9.69 Å². The first-order chi connectivity index (χ1) is 14.2. The zero-order chi connectivity index (χ0) is 19.8. The summed E-state index contributed by atoms with van der Waals surface area (Å²) in [6, 6.07) is 11.3. The van der Waals surface area contributed by atoms with Crippen LogP contribution in [0, 0.1) is 0 Å². The fourth-order valence-corrected chi connectivity index (χ4v) is 4.02. The number of H-pyrrole nitrogens is 1. The first kappa shape index (κ1) is 17.9. The van der Waals surface area contributed by atoms with Crippen LogP contribution in [0.5, 0.6) is 0 Å². The Labute approximate surface area is 168 Å². The van der Waals surface area contributed by atoms with E-state index in [1.54, 1.807) is 12.4 Å². The number of aromatic amines is 1. The number of hydrogen-bond donors (Lipinski definition) is 2. The van der Waals surface area contributed by atoms with Gasteiger partial charge in [0.05, 0.1) is 34.9 Å². The molecule has 0 aliphatic carbocycles. The second-order valence-corrected chi connectivity index (χ2v) is 7.77. The molecule has 148 valence electrons. The van der Waals surface area contributed by atoms with E-state index in [1.165, 1.54) is 19.3 Å². The number of likely N-dealkylation sites (tertiary alicyclic amines) is 1. The van der Waals surface area contributed by atoms with Crippen molar-refractivity contribution in [1.82, 2.24) is 24.4 Å². The Balaban J connectivity index is 1.34. The molecule has 1 saturated heterocycles. The van der Waals surface area contributed by atoms with Crippen molar-refractivity contribution in [3.8, 4) is 0 Å². The van der Waals surface area contributed by atoms with Gasteiger partial charge in [-0.1, -0.05) is 6.42 Å². The number of rotatable bonds is 4. The molecule has 29 heavy (non-hydrogen) atoms. The maximum Gasteiger partial charge on any atom is 0.255 e. The van der Waals surface area contributed by atoms with Crippen LogP contribution in [0.25, 0.3) is 22.1 Å². The average molecular weight is 388 g/mol. The maximum absolute atomic E-state index is 12.7. The molecule has 5 rings (SSSR count). The zero-order valence-electron chi connectivity index (χ0n) is 16.5. The van der Waals surface area contributed by atoms with Crippen LogP contribution in [0.2, 0.25) is 0 Å². The van der Waals surface area contributed by atoms with E-state index in [0.717, 1.165) is 53.2 Å². The number of nitrogens with one attached hydrogen (secondary N) is 2. The quantitative estimate of drug-likeness (QED) is 0.559. The number of imidazole rings is 2. The van der Waals surface area contributed by atoms with E-state index in [0.29, 0.717) is 5.56 Å². The van der Waals surface area contributed by atoms with Crippen LogP contribution in [-0.4, -0.2) is 43.4 Å². The summed E-state index contributed by atoms with van der Waals surface area (Å²) in [7, 11) is 1.92. The van der Waals surface area contributed by atoms with Gasteiger partial charge in [0.25, 0.3) is 5.91 Å². The lowest BCUT2D eigenvalue weighted by atomic mass is 10.1. The van der Waals surface area contributed by atoms with Gasteiger partial charge in [0.1, 0.15) is 5.82 Å². The van der Waals surface area contributed by atoms with E-state index in [4.69, 9.17) is 4.98 Å². The molecule has 0 atom stereocenters. The van der Waals surface area contributed by atoms with E-state index < -0.39 is 0 Å². The molecule has 2 aromatic carbocycles. The Kier molecular flexibility index (Phi) is 4.52. The standard InChI is InChI=1S/C22H24N6O/c1-27-14-23-18-7-5-15(11-20(18)27)22(29)24-16-6-8-17-19(12-16)26-21(25-17)13-28-9-3-2-4-10-28/h5-8,11-12,14H,2-4,9-10,13H2,1H3,(H,24,29)(H,25,26). The van der Waals surface area contributed by atoms with Crippen LogP contribution in [0.4, 0.5) is 5.69 Å². The number of carbonyl (C=O) groups is 1. The summed E-state index contributed by atoms with van der Waals surface area (Å²) in [4.78, 5) is 27.6. The molecular formula is C22H24N6O. The third-order valence-corrected chi connectivity index (χ3v) is 5.60. The first-order valence-corrected chi connectivity index (χ1v) is 10.1. The Morgan fingerprint density at radius 3 is 2.79 bits per heavy atom. The number of benzene rings is 2. The molecule has 1 aliphatic heterocycles. The lowest BCUT2D eigenvalue weighted by Gasteiger charge is -2.25. The van der Waals surface area contributed by atoms with E-state index in [9.17, 15) is 4.79 Å². The van der Waals surface area contributed by atoms with Crippen LogP contribution in [-0.2, 0) is 13.6 Å². The van der Waals surface area contributed by atoms with Crippen molar-refractivity contribution in [3.05, 3.63) is 54.1 Å². The predicted octanol–water partition coefficient (Wildman–Crippen LogP) is 3.69. The molecule has 3 heterocycles. The van der Waals surface area contributed by atoms with Crippen molar-refractivity contribution >= 4 is 33.7 Å². The van der Waals surface area contributed by atoms with Gasteiger partial charge in [-0.25, -0.2) is 9.97 Å². The molecule has 0 bridgehead atoms. The highest BCUT2D eigenvalue weighted by Gasteiger charge is 2.14. The van der Waals surface area contributed by atoms with Gasteiger partial charge < -0.3 is 14.9 Å². The molecule has 4 aromatic rings. The minimum Gasteiger partial charge on any atom is -0.341 e. The van der Waals surface area contributed by atoms with Gasteiger partial charge in [-0.15, -0.1) is 0 Å². The fraction of sp³-hybridized carbons (Fsp3) is 0.318. The largest absolute Gasteiger partial charge is 0.341 e. The number of nitrogens with zero attached hydrogens (tertiary/aromatic N) is 4. The Morgan fingerprint density at radius 2 is 1.93 bits per heavy atom. The van der Waals surface area contributed by atoms with E-state index >= 15 is 0 Å². The van der Waals surface area contributed by atoms with E-state index in [2.05, 4.69) is 20.2 Å². The smallest absolute Gasteiger partial charge is 0.255 e. The molecule has 1 fully saturated rings. The lowest BCUT2D eigenvalue weighted by molar-refractivity contribution is 0.102. The average Bonchev–Trinajstić information content (AvgIpc) is 3.31. The molecule has 0 spiro atoms. The number of anilines is 1. The van der Waals surface area contributed by atoms with Crippen LogP contribution < -0.4 is 5.32 Å². The Hall–Kier alpha value is -3.19. The third-order valence-electron chi connectivity index (χ3n) is 5.60. The summed E-state index contributed by atoms with van der Waals surface area (Å²) in [6.45, 7) is 3.12. The topological polar surface area (TPSA) is 78.8 Å². The number of aryl methyl sites for hydroxylation is 1. The SMILES string of the molecule is Cn1cnc2ccc(C(=O)Nc3ccc4nc(CN5CCCCC5)[nH]c4c3)cc21. The van der Waals surface area contributed by atoms with Gasteiger partial charge in [0.15, 0.2) is 0 Å². The molecular weight excluding hydrogens is 364 g/mol. The minimum atomic E-state index is -0.138. The Bertz CT molecular complexity index is 1180. The van der Waals surface area contributed by atoms with Crippen LogP contribution in [0.3, 0.4) is 0 Å². The van der Waals surface area contributed by atoms with Crippen LogP contribution in [0.1, 0.15) is 35.4 Å². The Morgan fingerprint density at radius 1 is 1.10 bits per heavy atom. The van der Waals surface area contributed by atoms with Crippen molar-refractivity contribution in [2.24, 2.45) is 7.05 Å². The van der Waals surface area contributed by atoms with Gasteiger partial charge in [-0.05, 0) is 62.3 Å². The van der Waals surface area contributed by atoms with Gasteiger partial charge in [-0.2, -0.15) is 0 Å². The summed E-state index contributed by atoms with van der Waals surface area (Å²) in [5.41, 5.74) is 5.04. The second-order valence-electron chi connectivity index (χ2n) is 7.77. The zero-order valence-corrected chi connectivity index (χ0v) is 16.5. The highest BCUT2D eigenvalue weighted by Crippen LogP contribution is 2.21. The number of piperidine rings is 1. The molecule has 7 heteroatoms. The summed E-state index contributed by atoms with van der Waals surface area (Å²) in [5.74, 6) is 0.840. The highest BCUT2D eigenvalue weighted by atomic mass is 16.1. The van der Waals surface area contributed by atoms with Gasteiger partial charge >= 0.3 is 0 Å². The minimum absolute atomic E-state index is 0.138. The summed E-state index contributed by atoms with van der Waals surface area (Å²) in [6.07, 6.45) is 5.61. The second kappa shape index (κ2) is 7.33. The number of aromatic nitrogens is 4. The normalized spacial score (nSPS) is 15.2.